The topological polar surface area (TPSA) is 92.5 Å². The molecular weight excluding hydrogens is 270 g/mol. The Labute approximate surface area is 114 Å². The van der Waals surface area contributed by atoms with E-state index in [-0.39, 0.29) is 23.6 Å². The molecule has 0 aliphatic carbocycles. The van der Waals surface area contributed by atoms with E-state index in [1.807, 2.05) is 0 Å². The van der Waals surface area contributed by atoms with Gasteiger partial charge in [0.1, 0.15) is 6.04 Å². The Hall–Kier alpha value is -2.08. The van der Waals surface area contributed by atoms with Crippen molar-refractivity contribution in [1.82, 2.24) is 10.2 Å². The van der Waals surface area contributed by atoms with Crippen molar-refractivity contribution in [3.8, 4) is 0 Å². The Morgan fingerprint density at radius 3 is 2.68 bits per heavy atom. The average Bonchev–Trinajstić information content (AvgIpc) is 2.57. The number of hydrogen-bond acceptors (Lipinski definition) is 4. The molecule has 1 aliphatic rings. The summed E-state index contributed by atoms with van der Waals surface area (Å²) in [6.07, 6.45) is -0.0332. The van der Waals surface area contributed by atoms with Gasteiger partial charge in [-0.2, -0.15) is 0 Å². The lowest BCUT2D eigenvalue weighted by Crippen LogP contribution is -2.40. The zero-order chi connectivity index (χ0) is 14.2. The molecule has 0 spiro atoms. The summed E-state index contributed by atoms with van der Waals surface area (Å²) >= 11 is 5.74. The number of nitrogens with zero attached hydrogens (tertiary/aromatic N) is 1. The summed E-state index contributed by atoms with van der Waals surface area (Å²) in [5.74, 6) is -1.25. The second kappa shape index (κ2) is 4.89. The number of likely N-dealkylation sites (N-methyl/N-ethyl adjacent to an activating group) is 1. The van der Waals surface area contributed by atoms with Gasteiger partial charge in [0.25, 0.3) is 11.8 Å². The minimum Gasteiger partial charge on any atom is -0.398 e. The van der Waals surface area contributed by atoms with Crippen molar-refractivity contribution in [2.24, 2.45) is 0 Å². The number of hydrogen-bond donors (Lipinski definition) is 2. The van der Waals surface area contributed by atoms with E-state index in [9.17, 15) is 14.4 Å². The van der Waals surface area contributed by atoms with Gasteiger partial charge in [-0.25, -0.2) is 0 Å². The number of carbonyl (C=O) groups is 3. The Balaban J connectivity index is 2.14. The molecule has 1 saturated heterocycles. The lowest BCUT2D eigenvalue weighted by molar-refractivity contribution is -0.137. The number of halogens is 1. The van der Waals surface area contributed by atoms with Gasteiger partial charge in [0.2, 0.25) is 5.91 Å². The van der Waals surface area contributed by atoms with Gasteiger partial charge in [-0.15, -0.1) is 0 Å². The maximum atomic E-state index is 12.0. The van der Waals surface area contributed by atoms with E-state index in [4.69, 9.17) is 17.3 Å². The summed E-state index contributed by atoms with van der Waals surface area (Å²) in [7, 11) is 1.38. The van der Waals surface area contributed by atoms with E-state index in [0.29, 0.717) is 5.02 Å². The highest BCUT2D eigenvalue weighted by atomic mass is 35.5. The molecule has 1 fully saturated rings. The fourth-order valence-electron chi connectivity index (χ4n) is 1.84. The standard InChI is InChI=1S/C12H12ClN3O3/c1-16-10(17)5-9(12(16)19)15-11(18)7-3-2-6(13)4-8(7)14/h2-4,9H,5,14H2,1H3,(H,15,18). The van der Waals surface area contributed by atoms with Gasteiger partial charge in [0, 0.05) is 17.8 Å². The number of nitrogens with two attached hydrogens (primary N) is 1. The summed E-state index contributed by atoms with van der Waals surface area (Å²) in [6, 6.07) is 3.61. The highest BCUT2D eigenvalue weighted by Crippen LogP contribution is 2.19. The van der Waals surface area contributed by atoms with Crippen LogP contribution in [0.5, 0.6) is 0 Å². The fraction of sp³-hybridized carbons (Fsp3) is 0.250. The van der Waals surface area contributed by atoms with Crippen molar-refractivity contribution in [3.05, 3.63) is 28.8 Å². The lowest BCUT2D eigenvalue weighted by Gasteiger charge is -2.12. The summed E-state index contributed by atoms with van der Waals surface area (Å²) < 4.78 is 0. The monoisotopic (exact) mass is 281 g/mol. The van der Waals surface area contributed by atoms with E-state index in [1.165, 1.54) is 25.2 Å². The first kappa shape index (κ1) is 13.4. The second-order valence-corrected chi connectivity index (χ2v) is 4.69. The van der Waals surface area contributed by atoms with Gasteiger partial charge in [0.05, 0.1) is 12.0 Å². The maximum absolute atomic E-state index is 12.0. The quantitative estimate of drug-likeness (QED) is 0.606. The van der Waals surface area contributed by atoms with Crippen LogP contribution in [-0.4, -0.2) is 35.7 Å². The van der Waals surface area contributed by atoms with Crippen molar-refractivity contribution in [3.63, 3.8) is 0 Å². The number of rotatable bonds is 2. The third-order valence-corrected chi connectivity index (χ3v) is 3.18. The molecule has 2 rings (SSSR count). The zero-order valence-corrected chi connectivity index (χ0v) is 10.9. The van der Waals surface area contributed by atoms with Crippen LogP contribution in [-0.2, 0) is 9.59 Å². The number of carbonyl (C=O) groups excluding carboxylic acids is 3. The van der Waals surface area contributed by atoms with Crippen LogP contribution in [0.15, 0.2) is 18.2 Å². The molecule has 0 radical (unpaired) electrons. The van der Waals surface area contributed by atoms with Gasteiger partial charge < -0.3 is 11.1 Å². The van der Waals surface area contributed by atoms with Gasteiger partial charge in [0.15, 0.2) is 0 Å². The summed E-state index contributed by atoms with van der Waals surface area (Å²) in [5, 5.41) is 2.91. The second-order valence-electron chi connectivity index (χ2n) is 4.25. The molecule has 1 aromatic rings. The van der Waals surface area contributed by atoms with Crippen molar-refractivity contribution >= 4 is 35.0 Å². The van der Waals surface area contributed by atoms with Crippen LogP contribution in [0.25, 0.3) is 0 Å². The summed E-state index contributed by atoms with van der Waals surface area (Å²) in [6.45, 7) is 0. The molecule has 1 aromatic carbocycles. The van der Waals surface area contributed by atoms with Crippen LogP contribution in [0.4, 0.5) is 5.69 Å². The zero-order valence-electron chi connectivity index (χ0n) is 10.1. The molecule has 0 saturated carbocycles. The molecule has 100 valence electrons. The Morgan fingerprint density at radius 2 is 2.16 bits per heavy atom. The molecule has 1 unspecified atom stereocenters. The van der Waals surface area contributed by atoms with Gasteiger partial charge in [-0.05, 0) is 18.2 Å². The van der Waals surface area contributed by atoms with Crippen LogP contribution < -0.4 is 11.1 Å². The molecule has 3 N–H and O–H groups in total. The third-order valence-electron chi connectivity index (χ3n) is 2.95. The summed E-state index contributed by atoms with van der Waals surface area (Å²) in [4.78, 5) is 36.0. The number of nitrogen functional groups attached to an aromatic ring is 1. The number of anilines is 1. The van der Waals surface area contributed by atoms with E-state index in [2.05, 4.69) is 5.32 Å². The first-order valence-corrected chi connectivity index (χ1v) is 5.94. The molecular formula is C12H12ClN3O3. The molecule has 19 heavy (non-hydrogen) atoms. The number of nitrogens with one attached hydrogen (secondary N) is 1. The highest BCUT2D eigenvalue weighted by molar-refractivity contribution is 6.31. The van der Waals surface area contributed by atoms with Crippen molar-refractivity contribution in [1.29, 1.82) is 0 Å². The average molecular weight is 282 g/mol. The molecule has 3 amide bonds. The largest absolute Gasteiger partial charge is 0.398 e. The van der Waals surface area contributed by atoms with E-state index in [1.54, 1.807) is 0 Å². The Kier molecular flexibility index (Phi) is 3.44. The molecule has 1 aliphatic heterocycles. The molecule has 1 heterocycles. The van der Waals surface area contributed by atoms with Crippen LogP contribution in [0.3, 0.4) is 0 Å². The van der Waals surface area contributed by atoms with Gasteiger partial charge in [-0.3, -0.25) is 19.3 Å². The van der Waals surface area contributed by atoms with Crippen molar-refractivity contribution in [2.75, 3.05) is 12.8 Å². The molecule has 7 heteroatoms. The minimum absolute atomic E-state index is 0.0332. The summed E-state index contributed by atoms with van der Waals surface area (Å²) in [5.41, 5.74) is 6.12. The fourth-order valence-corrected chi connectivity index (χ4v) is 2.03. The molecule has 0 aromatic heterocycles. The van der Waals surface area contributed by atoms with E-state index < -0.39 is 17.9 Å². The molecule has 0 bridgehead atoms. The number of imide groups is 1. The van der Waals surface area contributed by atoms with Crippen molar-refractivity contribution < 1.29 is 14.4 Å². The predicted octanol–water partition coefficient (Wildman–Crippen LogP) is 0.409. The predicted molar refractivity (Wildman–Crippen MR) is 69.5 cm³/mol. The van der Waals surface area contributed by atoms with Crippen molar-refractivity contribution in [2.45, 2.75) is 12.5 Å². The number of benzene rings is 1. The maximum Gasteiger partial charge on any atom is 0.254 e. The van der Waals surface area contributed by atoms with Crippen LogP contribution in [0.1, 0.15) is 16.8 Å². The first-order chi connectivity index (χ1) is 8.90. The Morgan fingerprint density at radius 1 is 1.47 bits per heavy atom. The Bertz CT molecular complexity index is 573. The van der Waals surface area contributed by atoms with Gasteiger partial charge >= 0.3 is 0 Å². The first-order valence-electron chi connectivity index (χ1n) is 5.56. The lowest BCUT2D eigenvalue weighted by atomic mass is 10.1. The van der Waals surface area contributed by atoms with Crippen LogP contribution in [0, 0.1) is 0 Å². The SMILES string of the molecule is CN1C(=O)CC(NC(=O)c2ccc(Cl)cc2N)C1=O. The minimum atomic E-state index is -0.833. The van der Waals surface area contributed by atoms with E-state index in [0.717, 1.165) is 4.90 Å². The van der Waals surface area contributed by atoms with Crippen LogP contribution >= 0.6 is 11.6 Å². The molecule has 6 nitrogen and oxygen atoms in total. The smallest absolute Gasteiger partial charge is 0.254 e. The number of likely N-dealkylation sites (tertiary alicyclic amines) is 1. The molecule has 1 atom stereocenters. The van der Waals surface area contributed by atoms with E-state index >= 15 is 0 Å². The van der Waals surface area contributed by atoms with Gasteiger partial charge in [-0.1, -0.05) is 11.6 Å². The highest BCUT2D eigenvalue weighted by Gasteiger charge is 2.37. The normalized spacial score (nSPS) is 18.8. The number of amides is 3. The van der Waals surface area contributed by atoms with Crippen LogP contribution in [0.2, 0.25) is 5.02 Å². The third kappa shape index (κ3) is 2.53.